The number of halogens is 1. The van der Waals surface area contributed by atoms with Crippen molar-refractivity contribution in [2.24, 2.45) is 0 Å². The monoisotopic (exact) mass is 376 g/mol. The summed E-state index contributed by atoms with van der Waals surface area (Å²) in [6, 6.07) is 14.8. The van der Waals surface area contributed by atoms with Crippen LogP contribution in [0.2, 0.25) is 0 Å². The molecule has 0 aromatic heterocycles. The molecule has 3 rings (SSSR count). The Hall–Kier alpha value is -2.25. The number of benzene rings is 2. The molecule has 2 aromatic carbocycles. The van der Waals surface area contributed by atoms with Crippen LogP contribution >= 0.6 is 0 Å². The predicted molar refractivity (Wildman–Crippen MR) is 96.5 cm³/mol. The summed E-state index contributed by atoms with van der Waals surface area (Å²) in [4.78, 5) is 14.0. The van der Waals surface area contributed by atoms with Crippen LogP contribution in [-0.4, -0.2) is 49.7 Å². The minimum Gasteiger partial charge on any atom is -0.340 e. The van der Waals surface area contributed by atoms with Crippen LogP contribution in [0.4, 0.5) is 4.39 Å². The first-order chi connectivity index (χ1) is 12.5. The highest BCUT2D eigenvalue weighted by Gasteiger charge is 2.30. The molecule has 0 atom stereocenters. The number of amides is 1. The Morgan fingerprint density at radius 3 is 2.31 bits per heavy atom. The number of piperazine rings is 1. The summed E-state index contributed by atoms with van der Waals surface area (Å²) in [5.41, 5.74) is 1.10. The van der Waals surface area contributed by atoms with Gasteiger partial charge in [-0.2, -0.15) is 4.31 Å². The molecule has 0 radical (unpaired) electrons. The van der Waals surface area contributed by atoms with E-state index in [1.54, 1.807) is 4.90 Å². The minimum atomic E-state index is -3.73. The van der Waals surface area contributed by atoms with E-state index in [4.69, 9.17) is 0 Å². The average Bonchev–Trinajstić information content (AvgIpc) is 2.67. The lowest BCUT2D eigenvalue weighted by Gasteiger charge is -2.34. The van der Waals surface area contributed by atoms with Gasteiger partial charge in [0.1, 0.15) is 5.82 Å². The van der Waals surface area contributed by atoms with Crippen molar-refractivity contribution in [1.82, 2.24) is 9.21 Å². The van der Waals surface area contributed by atoms with Gasteiger partial charge in [-0.15, -0.1) is 0 Å². The molecule has 1 aliphatic heterocycles. The first-order valence-electron chi connectivity index (χ1n) is 8.54. The molecule has 26 heavy (non-hydrogen) atoms. The van der Waals surface area contributed by atoms with Crippen molar-refractivity contribution in [3.8, 4) is 0 Å². The van der Waals surface area contributed by atoms with Crippen LogP contribution in [0, 0.1) is 5.82 Å². The van der Waals surface area contributed by atoms with Gasteiger partial charge in [0.15, 0.2) is 0 Å². The van der Waals surface area contributed by atoms with Gasteiger partial charge < -0.3 is 4.90 Å². The van der Waals surface area contributed by atoms with Gasteiger partial charge in [0.2, 0.25) is 15.9 Å². The Morgan fingerprint density at radius 2 is 1.65 bits per heavy atom. The van der Waals surface area contributed by atoms with E-state index >= 15 is 0 Å². The number of carbonyl (C=O) groups is 1. The summed E-state index contributed by atoms with van der Waals surface area (Å²) in [5.74, 6) is -0.558. The molecule has 0 unspecified atom stereocenters. The molecule has 0 saturated carbocycles. The standard InChI is InChI=1S/C19H21FN2O3S/c20-17-7-4-8-18(15-17)26(24,25)22-13-11-21(12-14-22)19(23)10-9-16-5-2-1-3-6-16/h1-8,15H,9-14H2. The molecule has 0 bridgehead atoms. The van der Waals surface area contributed by atoms with Crippen LogP contribution in [0.1, 0.15) is 12.0 Å². The number of aryl methyl sites for hydroxylation is 1. The molecule has 1 heterocycles. The molecule has 5 nitrogen and oxygen atoms in total. The van der Waals surface area contributed by atoms with E-state index in [1.165, 1.54) is 22.5 Å². The number of sulfonamides is 1. The van der Waals surface area contributed by atoms with E-state index in [9.17, 15) is 17.6 Å². The Bertz CT molecular complexity index is 863. The first-order valence-corrected chi connectivity index (χ1v) is 9.98. The van der Waals surface area contributed by atoms with Gasteiger partial charge in [-0.05, 0) is 30.2 Å². The average molecular weight is 376 g/mol. The third-order valence-electron chi connectivity index (χ3n) is 4.50. The van der Waals surface area contributed by atoms with Crippen LogP contribution < -0.4 is 0 Å². The van der Waals surface area contributed by atoms with E-state index in [1.807, 2.05) is 30.3 Å². The van der Waals surface area contributed by atoms with Crippen molar-refractivity contribution in [3.05, 3.63) is 66.0 Å². The molecular formula is C19H21FN2O3S. The molecule has 0 N–H and O–H groups in total. The van der Waals surface area contributed by atoms with Crippen LogP contribution in [0.25, 0.3) is 0 Å². The molecule has 0 aliphatic carbocycles. The zero-order valence-electron chi connectivity index (χ0n) is 14.3. The maximum atomic E-state index is 13.3. The quantitative estimate of drug-likeness (QED) is 0.805. The highest BCUT2D eigenvalue weighted by molar-refractivity contribution is 7.89. The van der Waals surface area contributed by atoms with E-state index in [0.29, 0.717) is 25.9 Å². The van der Waals surface area contributed by atoms with Gasteiger partial charge in [0.25, 0.3) is 0 Å². The lowest BCUT2D eigenvalue weighted by atomic mass is 10.1. The van der Waals surface area contributed by atoms with Crippen LogP contribution in [0.3, 0.4) is 0 Å². The second-order valence-electron chi connectivity index (χ2n) is 6.23. The smallest absolute Gasteiger partial charge is 0.243 e. The third kappa shape index (κ3) is 4.28. The van der Waals surface area contributed by atoms with E-state index < -0.39 is 15.8 Å². The van der Waals surface area contributed by atoms with Crippen molar-refractivity contribution in [2.45, 2.75) is 17.7 Å². The molecule has 2 aromatic rings. The van der Waals surface area contributed by atoms with Crippen LogP contribution in [0.5, 0.6) is 0 Å². The van der Waals surface area contributed by atoms with Gasteiger partial charge in [-0.25, -0.2) is 12.8 Å². The Labute approximate surface area is 153 Å². The molecule has 0 spiro atoms. The summed E-state index contributed by atoms with van der Waals surface area (Å²) >= 11 is 0. The molecule has 1 amide bonds. The van der Waals surface area contributed by atoms with Gasteiger partial charge in [0, 0.05) is 32.6 Å². The summed E-state index contributed by atoms with van der Waals surface area (Å²) in [7, 11) is -3.73. The number of carbonyl (C=O) groups excluding carboxylic acids is 1. The normalized spacial score (nSPS) is 15.8. The lowest BCUT2D eigenvalue weighted by molar-refractivity contribution is -0.132. The first kappa shape index (κ1) is 18.5. The topological polar surface area (TPSA) is 57.7 Å². The molecular weight excluding hydrogens is 355 g/mol. The summed E-state index contributed by atoms with van der Waals surface area (Å²) in [5, 5.41) is 0. The lowest BCUT2D eigenvalue weighted by Crippen LogP contribution is -2.50. The zero-order chi connectivity index (χ0) is 18.6. The number of hydrogen-bond donors (Lipinski definition) is 0. The van der Waals surface area contributed by atoms with E-state index in [0.717, 1.165) is 11.6 Å². The predicted octanol–water partition coefficient (Wildman–Crippen LogP) is 2.29. The minimum absolute atomic E-state index is 0.0247. The summed E-state index contributed by atoms with van der Waals surface area (Å²) < 4.78 is 39.8. The number of hydrogen-bond acceptors (Lipinski definition) is 3. The van der Waals surface area contributed by atoms with Gasteiger partial charge in [-0.1, -0.05) is 36.4 Å². The van der Waals surface area contributed by atoms with Crippen molar-refractivity contribution in [3.63, 3.8) is 0 Å². The maximum Gasteiger partial charge on any atom is 0.243 e. The van der Waals surface area contributed by atoms with Crippen molar-refractivity contribution >= 4 is 15.9 Å². The Morgan fingerprint density at radius 1 is 0.962 bits per heavy atom. The maximum absolute atomic E-state index is 13.3. The molecule has 1 fully saturated rings. The van der Waals surface area contributed by atoms with Gasteiger partial charge in [-0.3, -0.25) is 4.79 Å². The van der Waals surface area contributed by atoms with Crippen molar-refractivity contribution in [1.29, 1.82) is 0 Å². The fourth-order valence-electron chi connectivity index (χ4n) is 3.01. The molecule has 1 saturated heterocycles. The SMILES string of the molecule is O=C(CCc1ccccc1)N1CCN(S(=O)(=O)c2cccc(F)c2)CC1. The highest BCUT2D eigenvalue weighted by atomic mass is 32.2. The summed E-state index contributed by atoms with van der Waals surface area (Å²) in [6.07, 6.45) is 1.07. The third-order valence-corrected chi connectivity index (χ3v) is 6.39. The number of rotatable bonds is 5. The zero-order valence-corrected chi connectivity index (χ0v) is 15.2. The molecule has 7 heteroatoms. The summed E-state index contributed by atoms with van der Waals surface area (Å²) in [6.45, 7) is 1.14. The van der Waals surface area contributed by atoms with Crippen LogP contribution in [0.15, 0.2) is 59.5 Å². The Kier molecular flexibility index (Phi) is 5.68. The van der Waals surface area contributed by atoms with Crippen LogP contribution in [-0.2, 0) is 21.2 Å². The molecule has 1 aliphatic rings. The van der Waals surface area contributed by atoms with Gasteiger partial charge in [0.05, 0.1) is 4.90 Å². The van der Waals surface area contributed by atoms with Crippen molar-refractivity contribution in [2.75, 3.05) is 26.2 Å². The largest absolute Gasteiger partial charge is 0.340 e. The number of nitrogens with zero attached hydrogens (tertiary/aromatic N) is 2. The fraction of sp³-hybridized carbons (Fsp3) is 0.316. The fourth-order valence-corrected chi connectivity index (χ4v) is 4.46. The highest BCUT2D eigenvalue weighted by Crippen LogP contribution is 2.19. The van der Waals surface area contributed by atoms with E-state index in [-0.39, 0.29) is 23.9 Å². The second kappa shape index (κ2) is 7.97. The van der Waals surface area contributed by atoms with Gasteiger partial charge >= 0.3 is 0 Å². The second-order valence-corrected chi connectivity index (χ2v) is 8.17. The molecule has 138 valence electrons. The van der Waals surface area contributed by atoms with E-state index in [2.05, 4.69) is 0 Å². The Balaban J connectivity index is 1.56. The van der Waals surface area contributed by atoms with Crippen molar-refractivity contribution < 1.29 is 17.6 Å².